The molecule has 8 nitrogen and oxygen atoms in total. The van der Waals surface area contributed by atoms with Gasteiger partial charge in [-0.1, -0.05) is 6.07 Å². The predicted octanol–water partition coefficient (Wildman–Crippen LogP) is 6.48. The number of hydrogen-bond acceptors (Lipinski definition) is 6. The Bertz CT molecular complexity index is 1690. The van der Waals surface area contributed by atoms with E-state index in [4.69, 9.17) is 0 Å². The van der Waals surface area contributed by atoms with E-state index in [1.54, 1.807) is 22.6 Å². The van der Waals surface area contributed by atoms with Crippen LogP contribution >= 0.6 is 22.6 Å². The fourth-order valence-electron chi connectivity index (χ4n) is 4.25. The van der Waals surface area contributed by atoms with Gasteiger partial charge in [0, 0.05) is 18.2 Å². The van der Waals surface area contributed by atoms with Crippen molar-refractivity contribution in [1.82, 2.24) is 20.0 Å². The van der Waals surface area contributed by atoms with Crippen molar-refractivity contribution in [2.45, 2.75) is 38.3 Å². The molecule has 0 radical (unpaired) electrons. The quantitative estimate of drug-likeness (QED) is 0.135. The van der Waals surface area contributed by atoms with Crippen LogP contribution in [0.2, 0.25) is 0 Å². The minimum atomic E-state index is -4.98. The molecular weight excluding hydrogens is 721 g/mol. The number of halogens is 9. The van der Waals surface area contributed by atoms with Crippen LogP contribution in [0.3, 0.4) is 0 Å². The molecule has 0 aliphatic carbocycles. The lowest BCUT2D eigenvalue weighted by molar-refractivity contribution is -0.160. The van der Waals surface area contributed by atoms with Gasteiger partial charge in [0.15, 0.2) is 11.6 Å². The Kier molecular flexibility index (Phi) is 8.68. The molecule has 2 N–H and O–H groups in total. The maximum absolute atomic E-state index is 14.7. The summed E-state index contributed by atoms with van der Waals surface area (Å²) in [6.45, 7) is 2.20. The molecule has 0 bridgehead atoms. The molecule has 0 spiro atoms. The molecule has 0 fully saturated rings. The van der Waals surface area contributed by atoms with E-state index in [0.29, 0.717) is 24.5 Å². The number of likely N-dealkylation sites (N-methyl/N-ethyl adjacent to an activating group) is 1. The lowest BCUT2D eigenvalue weighted by Gasteiger charge is -2.46. The van der Waals surface area contributed by atoms with Crippen LogP contribution in [0.15, 0.2) is 54.1 Å². The first-order chi connectivity index (χ1) is 20.2. The molecular formula is C27H20F8IN5O3. The zero-order valence-corrected chi connectivity index (χ0v) is 24.9. The fraction of sp³-hybridized carbons (Fsp3) is 0.259. The van der Waals surface area contributed by atoms with E-state index < -0.39 is 87.4 Å². The SMILES string of the molecule is CN1N(Cc2ccc(I)c(F)c2F)C(=O)C(C(=O)Nc2ccc(C(F)(F)F)cc2-c2cc(C(F)(F)F)ncn2)=C(O)C1(C)C. The number of nitrogens with one attached hydrogen (secondary N) is 1. The number of benzene rings is 2. The summed E-state index contributed by atoms with van der Waals surface area (Å²) in [4.78, 5) is 33.7. The molecule has 0 atom stereocenters. The second-order valence-corrected chi connectivity index (χ2v) is 11.2. The van der Waals surface area contributed by atoms with Gasteiger partial charge in [-0.25, -0.2) is 23.8 Å². The summed E-state index contributed by atoms with van der Waals surface area (Å²) in [5, 5.41) is 15.2. The number of alkyl halides is 6. The Labute approximate surface area is 257 Å². The van der Waals surface area contributed by atoms with Crippen LogP contribution in [0, 0.1) is 15.2 Å². The maximum atomic E-state index is 14.7. The van der Waals surface area contributed by atoms with E-state index in [9.17, 15) is 49.8 Å². The Balaban J connectivity index is 1.78. The van der Waals surface area contributed by atoms with Crippen molar-refractivity contribution in [3.8, 4) is 11.3 Å². The molecule has 1 aromatic heterocycles. The first-order valence-corrected chi connectivity index (χ1v) is 13.4. The van der Waals surface area contributed by atoms with Gasteiger partial charge < -0.3 is 10.4 Å². The molecule has 0 saturated carbocycles. The smallest absolute Gasteiger partial charge is 0.433 e. The highest BCUT2D eigenvalue weighted by molar-refractivity contribution is 14.1. The van der Waals surface area contributed by atoms with Crippen LogP contribution in [0.25, 0.3) is 11.3 Å². The van der Waals surface area contributed by atoms with Crippen molar-refractivity contribution in [2.24, 2.45) is 0 Å². The van der Waals surface area contributed by atoms with Gasteiger partial charge >= 0.3 is 12.4 Å². The van der Waals surface area contributed by atoms with Crippen molar-refractivity contribution in [3.05, 3.63) is 86.1 Å². The Morgan fingerprint density at radius 3 is 2.27 bits per heavy atom. The summed E-state index contributed by atoms with van der Waals surface area (Å²) < 4.78 is 109. The third-order valence-corrected chi connectivity index (χ3v) is 7.76. The summed E-state index contributed by atoms with van der Waals surface area (Å²) in [7, 11) is 1.34. The molecule has 0 saturated heterocycles. The highest BCUT2D eigenvalue weighted by Crippen LogP contribution is 2.38. The summed E-state index contributed by atoms with van der Waals surface area (Å²) in [6.07, 6.45) is -9.43. The van der Waals surface area contributed by atoms with Crippen molar-refractivity contribution < 1.29 is 49.8 Å². The number of carbonyl (C=O) groups is 2. The first kappa shape index (κ1) is 33.0. The Morgan fingerprint density at radius 1 is 1.00 bits per heavy atom. The molecule has 0 unspecified atom stereocenters. The van der Waals surface area contributed by atoms with Crippen molar-refractivity contribution in [1.29, 1.82) is 0 Å². The van der Waals surface area contributed by atoms with Gasteiger partial charge in [-0.05, 0) is 66.8 Å². The van der Waals surface area contributed by atoms with Crippen LogP contribution in [-0.2, 0) is 28.5 Å². The van der Waals surface area contributed by atoms with Gasteiger partial charge in [-0.2, -0.15) is 26.3 Å². The fourth-order valence-corrected chi connectivity index (χ4v) is 4.66. The summed E-state index contributed by atoms with van der Waals surface area (Å²) in [5.74, 6) is -5.73. The number of aliphatic hydroxyl groups excluding tert-OH is 1. The molecule has 2 aromatic carbocycles. The van der Waals surface area contributed by atoms with Gasteiger partial charge in [0.1, 0.15) is 23.4 Å². The second-order valence-electron chi connectivity index (χ2n) is 10.0. The Morgan fingerprint density at radius 2 is 1.66 bits per heavy atom. The highest BCUT2D eigenvalue weighted by Gasteiger charge is 2.46. The van der Waals surface area contributed by atoms with E-state index in [-0.39, 0.29) is 9.13 Å². The number of rotatable bonds is 5. The largest absolute Gasteiger partial charge is 0.509 e. The summed E-state index contributed by atoms with van der Waals surface area (Å²) in [5.41, 5.74) is -7.16. The number of amides is 2. The Hall–Kier alpha value is -3.87. The van der Waals surface area contributed by atoms with Gasteiger partial charge in [-0.3, -0.25) is 14.6 Å². The summed E-state index contributed by atoms with van der Waals surface area (Å²) in [6, 6.07) is 4.60. The highest BCUT2D eigenvalue weighted by atomic mass is 127. The third kappa shape index (κ3) is 6.19. The van der Waals surface area contributed by atoms with E-state index in [0.717, 1.165) is 11.1 Å². The topological polar surface area (TPSA) is 98.7 Å². The van der Waals surface area contributed by atoms with Crippen LogP contribution < -0.4 is 5.32 Å². The first-order valence-electron chi connectivity index (χ1n) is 12.3. The van der Waals surface area contributed by atoms with E-state index in [1.807, 2.05) is 0 Å². The number of nitrogens with zero attached hydrogens (tertiary/aromatic N) is 4. The summed E-state index contributed by atoms with van der Waals surface area (Å²) >= 11 is 1.57. The molecule has 234 valence electrons. The van der Waals surface area contributed by atoms with Gasteiger partial charge in [0.2, 0.25) is 0 Å². The number of hydrazine groups is 1. The van der Waals surface area contributed by atoms with Crippen LogP contribution in [0.5, 0.6) is 0 Å². The minimum Gasteiger partial charge on any atom is -0.509 e. The minimum absolute atomic E-state index is 0.0292. The lowest BCUT2D eigenvalue weighted by atomic mass is 9.93. The van der Waals surface area contributed by atoms with Crippen LogP contribution in [0.4, 0.5) is 40.8 Å². The van der Waals surface area contributed by atoms with E-state index in [2.05, 4.69) is 15.3 Å². The second kappa shape index (κ2) is 11.6. The molecule has 2 heterocycles. The van der Waals surface area contributed by atoms with Gasteiger partial charge in [0.25, 0.3) is 11.8 Å². The van der Waals surface area contributed by atoms with Crippen molar-refractivity contribution in [2.75, 3.05) is 12.4 Å². The number of carbonyl (C=O) groups excluding carboxylic acids is 2. The standard InChI is InChI=1S/C27H20F8IN5O3/c1-25(2)22(42)19(24(44)41(40(25)3)10-12-4-6-15(36)21(29)20(12)28)23(43)39-16-7-5-13(26(30,31)32)8-14(16)17-9-18(27(33,34)35)38-11-37-17/h4-9,11,42H,10H2,1-3H3,(H,39,43). The average Bonchev–Trinajstić information content (AvgIpc) is 2.93. The molecule has 3 aromatic rings. The number of aromatic nitrogens is 2. The maximum Gasteiger partial charge on any atom is 0.433 e. The molecule has 1 aliphatic heterocycles. The number of anilines is 1. The molecule has 17 heteroatoms. The normalized spacial score (nSPS) is 16.0. The molecule has 2 amide bonds. The number of aliphatic hydroxyl groups is 1. The zero-order valence-electron chi connectivity index (χ0n) is 22.7. The van der Waals surface area contributed by atoms with Gasteiger partial charge in [-0.15, -0.1) is 0 Å². The average molecular weight is 741 g/mol. The molecule has 44 heavy (non-hydrogen) atoms. The van der Waals surface area contributed by atoms with Crippen LogP contribution in [-0.4, -0.2) is 49.5 Å². The predicted molar refractivity (Wildman–Crippen MR) is 147 cm³/mol. The number of hydrogen-bond donors (Lipinski definition) is 2. The van der Waals surface area contributed by atoms with E-state index >= 15 is 0 Å². The molecule has 4 rings (SSSR count). The van der Waals surface area contributed by atoms with E-state index in [1.165, 1.54) is 38.0 Å². The lowest BCUT2D eigenvalue weighted by Crippen LogP contribution is -2.60. The molecule has 1 aliphatic rings. The van der Waals surface area contributed by atoms with Gasteiger partial charge in [0.05, 0.1) is 32.6 Å². The van der Waals surface area contributed by atoms with Crippen molar-refractivity contribution in [3.63, 3.8) is 0 Å². The zero-order chi connectivity index (χ0) is 32.9. The monoisotopic (exact) mass is 741 g/mol. The van der Waals surface area contributed by atoms with Crippen LogP contribution in [0.1, 0.15) is 30.7 Å². The third-order valence-electron chi connectivity index (χ3n) is 6.93. The van der Waals surface area contributed by atoms with Crippen molar-refractivity contribution >= 4 is 40.1 Å².